The molecule has 0 radical (unpaired) electrons. The Labute approximate surface area is 144 Å². The Balaban J connectivity index is 4.69. The largest absolute Gasteiger partial charge is 0.385 e. The van der Waals surface area contributed by atoms with Crippen molar-refractivity contribution < 1.29 is 0 Å². The van der Waals surface area contributed by atoms with E-state index in [0.717, 1.165) is 47.4 Å². The van der Waals surface area contributed by atoms with E-state index in [0.29, 0.717) is 0 Å². The molecule has 4 heteroatoms. The number of aliphatic imine (C=N–C) groups is 1. The van der Waals surface area contributed by atoms with Gasteiger partial charge in [-0.2, -0.15) is 0 Å². The summed E-state index contributed by atoms with van der Waals surface area (Å²) in [6.45, 7) is 18.0. The molecule has 0 aromatic rings. The predicted octanol–water partition coefficient (Wildman–Crippen LogP) is 5.00. The molecule has 0 rings (SSSR count). The molecule has 0 spiro atoms. The van der Waals surface area contributed by atoms with Crippen LogP contribution in [0.1, 0.15) is 40.5 Å². The summed E-state index contributed by atoms with van der Waals surface area (Å²) in [5.74, 6) is 0. The maximum atomic E-state index is 4.53. The van der Waals surface area contributed by atoms with Gasteiger partial charge < -0.3 is 10.2 Å². The first-order valence-corrected chi connectivity index (χ1v) is 8.43. The fourth-order valence-corrected chi connectivity index (χ4v) is 1.83. The average molecular weight is 368 g/mol. The van der Waals surface area contributed by atoms with E-state index in [1.807, 2.05) is 24.4 Å². The third-order valence-electron chi connectivity index (χ3n) is 3.08. The molecule has 0 saturated heterocycles. The molecule has 0 aromatic heterocycles. The highest BCUT2D eigenvalue weighted by Gasteiger charge is 2.01. The summed E-state index contributed by atoms with van der Waals surface area (Å²) in [4.78, 5) is 6.57. The number of allylic oxidation sites excluding steroid dienone is 4. The van der Waals surface area contributed by atoms with Gasteiger partial charge in [-0.1, -0.05) is 17.7 Å². The van der Waals surface area contributed by atoms with E-state index in [4.69, 9.17) is 0 Å². The van der Waals surface area contributed by atoms with Crippen LogP contribution in [0.2, 0.25) is 0 Å². The molecule has 0 amide bonds. The number of halogens is 1. The van der Waals surface area contributed by atoms with Crippen molar-refractivity contribution in [3.63, 3.8) is 0 Å². The summed E-state index contributed by atoms with van der Waals surface area (Å²) in [6, 6.07) is 0. The van der Waals surface area contributed by atoms with Crippen molar-refractivity contribution in [1.29, 1.82) is 0 Å². The summed E-state index contributed by atoms with van der Waals surface area (Å²) in [7, 11) is 2.01. The van der Waals surface area contributed by atoms with E-state index in [1.165, 1.54) is 5.57 Å². The van der Waals surface area contributed by atoms with Crippen LogP contribution in [0.3, 0.4) is 0 Å². The molecule has 0 atom stereocenters. The van der Waals surface area contributed by atoms with Gasteiger partial charge in [-0.3, -0.25) is 0 Å². The van der Waals surface area contributed by atoms with Crippen molar-refractivity contribution in [2.45, 2.75) is 40.5 Å². The first-order valence-electron chi connectivity index (χ1n) is 7.64. The lowest BCUT2D eigenvalue weighted by Gasteiger charge is -2.11. The van der Waals surface area contributed by atoms with Gasteiger partial charge in [0.25, 0.3) is 0 Å². The van der Waals surface area contributed by atoms with Crippen LogP contribution in [0.4, 0.5) is 0 Å². The third kappa shape index (κ3) is 9.61. The Kier molecular flexibility index (Phi) is 10.6. The molecule has 0 bridgehead atoms. The van der Waals surface area contributed by atoms with Crippen LogP contribution in [0.25, 0.3) is 0 Å². The van der Waals surface area contributed by atoms with Crippen molar-refractivity contribution >= 4 is 22.3 Å². The van der Waals surface area contributed by atoms with E-state index in [1.54, 1.807) is 0 Å². The van der Waals surface area contributed by atoms with Crippen LogP contribution in [-0.2, 0) is 0 Å². The molecule has 0 aliphatic carbocycles. The van der Waals surface area contributed by atoms with Gasteiger partial charge in [-0.25, -0.2) is 4.99 Å². The maximum Gasteiger partial charge on any atom is 0.0909 e. The van der Waals surface area contributed by atoms with Crippen molar-refractivity contribution in [3.8, 4) is 0 Å². The number of nitrogens with one attached hydrogen (secondary N) is 1. The highest BCUT2D eigenvalue weighted by molar-refractivity contribution is 9.12. The highest BCUT2D eigenvalue weighted by atomic mass is 79.9. The van der Waals surface area contributed by atoms with Gasteiger partial charge in [-0.05, 0) is 62.5 Å². The second-order valence-electron chi connectivity index (χ2n) is 5.66. The van der Waals surface area contributed by atoms with Crippen molar-refractivity contribution in [1.82, 2.24) is 10.2 Å². The standard InChI is InChI=1S/C18H30BrN3/c1-8-22(7)13-21-18(15(4)5)12-17(19)16(6)20-11-9-10-14(2)3/h12-13,20H,2,6,8-11H2,1,3-5,7H3/b17-12+,21-13?. The van der Waals surface area contributed by atoms with Gasteiger partial charge in [0.15, 0.2) is 0 Å². The minimum Gasteiger partial charge on any atom is -0.385 e. The number of hydrogen-bond donors (Lipinski definition) is 1. The molecule has 0 aliphatic rings. The zero-order valence-corrected chi connectivity index (χ0v) is 16.3. The van der Waals surface area contributed by atoms with E-state index >= 15 is 0 Å². The van der Waals surface area contributed by atoms with Crippen LogP contribution < -0.4 is 5.32 Å². The second kappa shape index (κ2) is 11.3. The molecule has 0 aromatic carbocycles. The molecule has 0 heterocycles. The quantitative estimate of drug-likeness (QED) is 0.193. The van der Waals surface area contributed by atoms with Crippen LogP contribution in [-0.4, -0.2) is 31.4 Å². The Bertz CT molecular complexity index is 469. The van der Waals surface area contributed by atoms with E-state index in [9.17, 15) is 0 Å². The summed E-state index contributed by atoms with van der Waals surface area (Å²) < 4.78 is 0.926. The zero-order valence-electron chi connectivity index (χ0n) is 14.7. The number of rotatable bonds is 10. The molecule has 22 heavy (non-hydrogen) atoms. The average Bonchev–Trinajstić information content (AvgIpc) is 2.46. The van der Waals surface area contributed by atoms with E-state index in [-0.39, 0.29) is 0 Å². The van der Waals surface area contributed by atoms with Crippen molar-refractivity contribution in [2.24, 2.45) is 4.99 Å². The Morgan fingerprint density at radius 2 is 1.91 bits per heavy atom. The Morgan fingerprint density at radius 1 is 1.27 bits per heavy atom. The Morgan fingerprint density at radius 3 is 2.41 bits per heavy atom. The monoisotopic (exact) mass is 367 g/mol. The van der Waals surface area contributed by atoms with Gasteiger partial charge in [0.1, 0.15) is 0 Å². The van der Waals surface area contributed by atoms with Gasteiger partial charge >= 0.3 is 0 Å². The summed E-state index contributed by atoms with van der Waals surface area (Å²) in [5.41, 5.74) is 4.19. The Hall–Kier alpha value is -1.29. The molecule has 0 fully saturated rings. The van der Waals surface area contributed by atoms with Crippen LogP contribution >= 0.6 is 15.9 Å². The minimum absolute atomic E-state index is 0.875. The molecular formula is C18H30BrN3. The van der Waals surface area contributed by atoms with Crippen LogP contribution in [0.15, 0.2) is 51.2 Å². The summed E-state index contributed by atoms with van der Waals surface area (Å²) >= 11 is 3.58. The SMILES string of the molecule is C=C(C)CCCNC(=C)/C(Br)=C\C(N=CN(C)CC)=C(C)C. The lowest BCUT2D eigenvalue weighted by atomic mass is 10.2. The second-order valence-corrected chi connectivity index (χ2v) is 6.52. The third-order valence-corrected chi connectivity index (χ3v) is 3.78. The maximum absolute atomic E-state index is 4.53. The highest BCUT2D eigenvalue weighted by Crippen LogP contribution is 2.18. The zero-order chi connectivity index (χ0) is 17.1. The van der Waals surface area contributed by atoms with E-state index < -0.39 is 0 Å². The smallest absolute Gasteiger partial charge is 0.0909 e. The normalized spacial score (nSPS) is 11.5. The minimum atomic E-state index is 0.875. The number of hydrogen-bond acceptors (Lipinski definition) is 2. The van der Waals surface area contributed by atoms with Crippen molar-refractivity contribution in [2.75, 3.05) is 20.1 Å². The summed E-state index contributed by atoms with van der Waals surface area (Å²) in [6.07, 6.45) is 5.95. The topological polar surface area (TPSA) is 27.6 Å². The molecule has 0 aliphatic heterocycles. The molecule has 124 valence electrons. The molecule has 0 saturated carbocycles. The lowest BCUT2D eigenvalue weighted by molar-refractivity contribution is 0.551. The summed E-state index contributed by atoms with van der Waals surface area (Å²) in [5, 5.41) is 3.32. The van der Waals surface area contributed by atoms with Crippen LogP contribution in [0, 0.1) is 0 Å². The first kappa shape index (κ1) is 20.7. The van der Waals surface area contributed by atoms with Crippen molar-refractivity contribution in [3.05, 3.63) is 46.3 Å². The number of nitrogens with zero attached hydrogens (tertiary/aromatic N) is 2. The fourth-order valence-electron chi connectivity index (χ4n) is 1.47. The first-order chi connectivity index (χ1) is 10.3. The van der Waals surface area contributed by atoms with Gasteiger partial charge in [0.05, 0.1) is 12.0 Å². The lowest BCUT2D eigenvalue weighted by Crippen LogP contribution is -2.15. The van der Waals surface area contributed by atoms with Crippen LogP contribution in [0.5, 0.6) is 0 Å². The molecule has 1 N–H and O–H groups in total. The van der Waals surface area contributed by atoms with Gasteiger partial charge in [-0.15, -0.1) is 6.58 Å². The molecular weight excluding hydrogens is 338 g/mol. The van der Waals surface area contributed by atoms with Gasteiger partial charge in [0, 0.05) is 30.3 Å². The van der Waals surface area contributed by atoms with E-state index in [2.05, 4.69) is 67.1 Å². The molecule has 3 nitrogen and oxygen atoms in total. The van der Waals surface area contributed by atoms with Gasteiger partial charge in [0.2, 0.25) is 0 Å². The predicted molar refractivity (Wildman–Crippen MR) is 103 cm³/mol. The fraction of sp³-hybridized carbons (Fsp3) is 0.500. The molecule has 0 unspecified atom stereocenters.